The van der Waals surface area contributed by atoms with E-state index in [2.05, 4.69) is 5.32 Å². The maximum atomic E-state index is 11.3. The minimum atomic E-state index is -1.23. The van der Waals surface area contributed by atoms with Gasteiger partial charge in [-0.2, -0.15) is 0 Å². The van der Waals surface area contributed by atoms with Gasteiger partial charge in [0.1, 0.15) is 6.10 Å². The van der Waals surface area contributed by atoms with Crippen molar-refractivity contribution in [1.82, 2.24) is 5.32 Å². The predicted octanol–water partition coefficient (Wildman–Crippen LogP) is -0.714. The highest BCUT2D eigenvalue weighted by Crippen LogP contribution is 2.19. The van der Waals surface area contributed by atoms with Gasteiger partial charge < -0.3 is 20.6 Å². The summed E-state index contributed by atoms with van der Waals surface area (Å²) in [5, 5.41) is 29.3. The van der Waals surface area contributed by atoms with E-state index < -0.39 is 17.4 Å². The Morgan fingerprint density at radius 1 is 1.40 bits per heavy atom. The van der Waals surface area contributed by atoms with Crippen LogP contribution in [0.3, 0.4) is 0 Å². The van der Waals surface area contributed by atoms with Crippen LogP contribution >= 0.6 is 12.4 Å². The van der Waals surface area contributed by atoms with E-state index in [0.717, 1.165) is 0 Å². The molecule has 0 bridgehead atoms. The Bertz CT molecular complexity index is 187. The molecule has 0 aliphatic heterocycles. The number of hydrogen-bond donors (Lipinski definition) is 4. The van der Waals surface area contributed by atoms with Gasteiger partial charge in [-0.3, -0.25) is 4.79 Å². The van der Waals surface area contributed by atoms with Gasteiger partial charge in [0.15, 0.2) is 0 Å². The van der Waals surface area contributed by atoms with Crippen molar-refractivity contribution in [3.63, 3.8) is 0 Å². The second-order valence-electron chi connectivity index (χ2n) is 3.92. The average Bonchev–Trinajstić information content (AvgIpc) is 2.17. The van der Waals surface area contributed by atoms with Crippen LogP contribution in [0, 0.1) is 5.41 Å². The van der Waals surface area contributed by atoms with Gasteiger partial charge in [-0.1, -0.05) is 13.8 Å². The molecule has 0 aromatic heterocycles. The van der Waals surface area contributed by atoms with Gasteiger partial charge in [-0.15, -0.1) is 12.4 Å². The van der Waals surface area contributed by atoms with Gasteiger partial charge in [-0.25, -0.2) is 0 Å². The number of aliphatic hydroxyl groups excluding tert-OH is 3. The Hall–Kier alpha value is -0.360. The van der Waals surface area contributed by atoms with Gasteiger partial charge in [0.25, 0.3) is 0 Å². The Labute approximate surface area is 95.9 Å². The van der Waals surface area contributed by atoms with Gasteiger partial charge >= 0.3 is 0 Å². The number of halogens is 1. The molecule has 1 unspecified atom stereocenters. The first kappa shape index (κ1) is 17.0. The van der Waals surface area contributed by atoms with E-state index in [1.165, 1.54) is 0 Å². The van der Waals surface area contributed by atoms with E-state index in [9.17, 15) is 9.90 Å². The van der Waals surface area contributed by atoms with Crippen LogP contribution in [0.25, 0.3) is 0 Å². The summed E-state index contributed by atoms with van der Waals surface area (Å²) in [6.07, 6.45) is -0.774. The molecule has 0 aromatic carbocycles. The average molecular weight is 242 g/mol. The van der Waals surface area contributed by atoms with Gasteiger partial charge in [0.2, 0.25) is 5.91 Å². The van der Waals surface area contributed by atoms with E-state index in [1.54, 1.807) is 13.8 Å². The molecular weight excluding hydrogens is 222 g/mol. The van der Waals surface area contributed by atoms with Crippen LogP contribution in [0.15, 0.2) is 0 Å². The molecule has 0 heterocycles. The zero-order chi connectivity index (χ0) is 11.2. The topological polar surface area (TPSA) is 89.8 Å². The van der Waals surface area contributed by atoms with Crippen LogP contribution in [-0.2, 0) is 4.79 Å². The van der Waals surface area contributed by atoms with E-state index >= 15 is 0 Å². The van der Waals surface area contributed by atoms with E-state index in [-0.39, 0.29) is 25.6 Å². The SMILES string of the molecule is CC(C)(CO)C(O)C(=O)NCCCO.Cl. The summed E-state index contributed by atoms with van der Waals surface area (Å²) in [6, 6.07) is 0. The Morgan fingerprint density at radius 3 is 2.33 bits per heavy atom. The van der Waals surface area contributed by atoms with Crippen molar-refractivity contribution in [2.45, 2.75) is 26.4 Å². The number of hydrogen-bond acceptors (Lipinski definition) is 4. The van der Waals surface area contributed by atoms with Gasteiger partial charge in [0.05, 0.1) is 6.61 Å². The number of aliphatic hydroxyl groups is 3. The Balaban J connectivity index is 0. The van der Waals surface area contributed by atoms with Crippen molar-refractivity contribution in [2.24, 2.45) is 5.41 Å². The number of rotatable bonds is 6. The van der Waals surface area contributed by atoms with Gasteiger partial charge in [0, 0.05) is 18.6 Å². The normalized spacial score (nSPS) is 12.9. The van der Waals surface area contributed by atoms with Crippen molar-refractivity contribution in [3.05, 3.63) is 0 Å². The standard InChI is InChI=1S/C9H19NO4.ClH/c1-9(2,6-12)7(13)8(14)10-4-3-5-11;/h7,11-13H,3-6H2,1-2H3,(H,10,14);1H. The number of carbonyl (C=O) groups excluding carboxylic acids is 1. The molecule has 4 N–H and O–H groups in total. The van der Waals surface area contributed by atoms with E-state index in [4.69, 9.17) is 10.2 Å². The molecule has 92 valence electrons. The highest BCUT2D eigenvalue weighted by atomic mass is 35.5. The molecule has 15 heavy (non-hydrogen) atoms. The maximum Gasteiger partial charge on any atom is 0.249 e. The molecule has 0 rings (SSSR count). The molecule has 5 nitrogen and oxygen atoms in total. The fraction of sp³-hybridized carbons (Fsp3) is 0.889. The first-order chi connectivity index (χ1) is 6.45. The largest absolute Gasteiger partial charge is 0.396 e. The molecule has 0 aliphatic rings. The first-order valence-electron chi connectivity index (χ1n) is 4.63. The molecule has 6 heteroatoms. The maximum absolute atomic E-state index is 11.3. The zero-order valence-corrected chi connectivity index (χ0v) is 9.88. The molecule has 0 fully saturated rings. The van der Waals surface area contributed by atoms with Crippen molar-refractivity contribution in [3.8, 4) is 0 Å². The molecular formula is C9H20ClNO4. The monoisotopic (exact) mass is 241 g/mol. The molecule has 0 saturated heterocycles. The summed E-state index contributed by atoms with van der Waals surface area (Å²) in [4.78, 5) is 11.3. The van der Waals surface area contributed by atoms with Crippen LogP contribution in [0.4, 0.5) is 0 Å². The Morgan fingerprint density at radius 2 is 1.93 bits per heavy atom. The smallest absolute Gasteiger partial charge is 0.249 e. The molecule has 0 radical (unpaired) electrons. The molecule has 0 aliphatic carbocycles. The fourth-order valence-corrected chi connectivity index (χ4v) is 0.829. The highest BCUT2D eigenvalue weighted by Gasteiger charge is 2.32. The lowest BCUT2D eigenvalue weighted by Crippen LogP contribution is -2.45. The summed E-state index contributed by atoms with van der Waals surface area (Å²) in [5.41, 5.74) is -0.844. The number of nitrogens with one attached hydrogen (secondary N) is 1. The summed E-state index contributed by atoms with van der Waals surface area (Å²) in [6.45, 7) is 3.27. The second kappa shape index (κ2) is 7.87. The summed E-state index contributed by atoms with van der Waals surface area (Å²) >= 11 is 0. The van der Waals surface area contributed by atoms with E-state index in [1.807, 2.05) is 0 Å². The highest BCUT2D eigenvalue weighted by molar-refractivity contribution is 5.85. The third kappa shape index (κ3) is 5.94. The number of carbonyl (C=O) groups is 1. The lowest BCUT2D eigenvalue weighted by Gasteiger charge is -2.27. The van der Waals surface area contributed by atoms with Crippen LogP contribution in [0.2, 0.25) is 0 Å². The third-order valence-electron chi connectivity index (χ3n) is 2.03. The molecule has 1 amide bonds. The molecule has 0 spiro atoms. The molecule has 1 atom stereocenters. The first-order valence-corrected chi connectivity index (χ1v) is 4.63. The zero-order valence-electron chi connectivity index (χ0n) is 9.06. The van der Waals surface area contributed by atoms with Crippen LogP contribution in [-0.4, -0.2) is 47.1 Å². The van der Waals surface area contributed by atoms with Gasteiger partial charge in [-0.05, 0) is 6.42 Å². The van der Waals surface area contributed by atoms with Crippen molar-refractivity contribution in [1.29, 1.82) is 0 Å². The van der Waals surface area contributed by atoms with Crippen LogP contribution in [0.1, 0.15) is 20.3 Å². The Kier molecular flexibility index (Phi) is 8.95. The number of amides is 1. The third-order valence-corrected chi connectivity index (χ3v) is 2.03. The summed E-state index contributed by atoms with van der Waals surface area (Å²) < 4.78 is 0. The second-order valence-corrected chi connectivity index (χ2v) is 3.92. The van der Waals surface area contributed by atoms with Crippen molar-refractivity contribution < 1.29 is 20.1 Å². The minimum Gasteiger partial charge on any atom is -0.396 e. The van der Waals surface area contributed by atoms with E-state index in [0.29, 0.717) is 13.0 Å². The predicted molar refractivity (Wildman–Crippen MR) is 58.8 cm³/mol. The molecule has 0 saturated carbocycles. The van der Waals surface area contributed by atoms with Crippen molar-refractivity contribution in [2.75, 3.05) is 19.8 Å². The fourth-order valence-electron chi connectivity index (χ4n) is 0.829. The summed E-state index contributed by atoms with van der Waals surface area (Å²) in [5.74, 6) is -0.516. The van der Waals surface area contributed by atoms with Crippen LogP contribution < -0.4 is 5.32 Å². The van der Waals surface area contributed by atoms with Crippen molar-refractivity contribution >= 4 is 18.3 Å². The minimum absolute atomic E-state index is 0. The molecule has 0 aromatic rings. The lowest BCUT2D eigenvalue weighted by atomic mass is 9.87. The summed E-state index contributed by atoms with van der Waals surface area (Å²) in [7, 11) is 0. The van der Waals surface area contributed by atoms with Crippen LogP contribution in [0.5, 0.6) is 0 Å². The quantitative estimate of drug-likeness (QED) is 0.463. The lowest BCUT2D eigenvalue weighted by molar-refractivity contribution is -0.137.